The maximum atomic E-state index is 9.89. The number of hydrogen-bond donors (Lipinski definition) is 1. The van der Waals surface area contributed by atoms with Crippen molar-refractivity contribution in [2.24, 2.45) is 5.92 Å². The predicted octanol–water partition coefficient (Wildman–Crippen LogP) is 5.31. The van der Waals surface area contributed by atoms with Gasteiger partial charge in [0, 0.05) is 0 Å². The van der Waals surface area contributed by atoms with Crippen molar-refractivity contribution in [1.29, 1.82) is 0 Å². The van der Waals surface area contributed by atoms with Crippen molar-refractivity contribution in [3.63, 3.8) is 0 Å². The monoisotopic (exact) mass is 242 g/mol. The zero-order chi connectivity index (χ0) is 12.9. The average Bonchev–Trinajstić information content (AvgIpc) is 2.28. The molecule has 0 spiro atoms. The topological polar surface area (TPSA) is 20.2 Å². The van der Waals surface area contributed by atoms with Crippen LogP contribution in [0.15, 0.2) is 0 Å². The van der Waals surface area contributed by atoms with Crippen molar-refractivity contribution in [2.75, 3.05) is 0 Å². The van der Waals surface area contributed by atoms with Gasteiger partial charge >= 0.3 is 0 Å². The Morgan fingerprint density at radius 2 is 1.35 bits per heavy atom. The fourth-order valence-electron chi connectivity index (χ4n) is 2.53. The van der Waals surface area contributed by atoms with Crippen LogP contribution in [-0.2, 0) is 0 Å². The van der Waals surface area contributed by atoms with Crippen LogP contribution in [0.25, 0.3) is 0 Å². The summed E-state index contributed by atoms with van der Waals surface area (Å²) in [4.78, 5) is 0. The van der Waals surface area contributed by atoms with Crippen molar-refractivity contribution in [3.8, 4) is 0 Å². The SMILES string of the molecule is CCCCCCCCCC(O)CC(C)CCC. The van der Waals surface area contributed by atoms with Crippen LogP contribution < -0.4 is 0 Å². The fourth-order valence-corrected chi connectivity index (χ4v) is 2.53. The van der Waals surface area contributed by atoms with Gasteiger partial charge in [-0.1, -0.05) is 78.6 Å². The summed E-state index contributed by atoms with van der Waals surface area (Å²) in [6.45, 7) is 6.74. The first-order valence-corrected chi connectivity index (χ1v) is 7.88. The fraction of sp³-hybridized carbons (Fsp3) is 1.00. The summed E-state index contributed by atoms with van der Waals surface area (Å²) >= 11 is 0. The van der Waals surface area contributed by atoms with Crippen molar-refractivity contribution >= 4 is 0 Å². The highest BCUT2D eigenvalue weighted by molar-refractivity contribution is 4.61. The molecule has 0 aromatic heterocycles. The molecule has 1 heteroatoms. The van der Waals surface area contributed by atoms with E-state index in [1.54, 1.807) is 0 Å². The van der Waals surface area contributed by atoms with E-state index in [1.807, 2.05) is 0 Å². The lowest BCUT2D eigenvalue weighted by atomic mass is 9.96. The number of unbranched alkanes of at least 4 members (excludes halogenated alkanes) is 6. The minimum absolute atomic E-state index is 0.0489. The Morgan fingerprint density at radius 1 is 0.765 bits per heavy atom. The van der Waals surface area contributed by atoms with Crippen LogP contribution >= 0.6 is 0 Å². The van der Waals surface area contributed by atoms with Crippen molar-refractivity contribution in [3.05, 3.63) is 0 Å². The normalized spacial score (nSPS) is 14.8. The summed E-state index contributed by atoms with van der Waals surface area (Å²) in [5, 5.41) is 9.89. The van der Waals surface area contributed by atoms with Gasteiger partial charge in [0.05, 0.1) is 6.10 Å². The second-order valence-electron chi connectivity index (χ2n) is 5.69. The summed E-state index contributed by atoms with van der Waals surface area (Å²) in [5.74, 6) is 0.694. The smallest absolute Gasteiger partial charge is 0.0542 e. The first-order valence-electron chi connectivity index (χ1n) is 7.88. The van der Waals surface area contributed by atoms with Crippen LogP contribution in [0.1, 0.15) is 91.4 Å². The first kappa shape index (κ1) is 17.0. The molecule has 17 heavy (non-hydrogen) atoms. The van der Waals surface area contributed by atoms with Gasteiger partial charge in [0.15, 0.2) is 0 Å². The number of hydrogen-bond acceptors (Lipinski definition) is 1. The summed E-state index contributed by atoms with van der Waals surface area (Å²) in [6.07, 6.45) is 13.8. The summed E-state index contributed by atoms with van der Waals surface area (Å²) in [7, 11) is 0. The van der Waals surface area contributed by atoms with Crippen LogP contribution in [0, 0.1) is 5.92 Å². The van der Waals surface area contributed by atoms with E-state index in [-0.39, 0.29) is 6.10 Å². The molecule has 1 N–H and O–H groups in total. The molecule has 2 atom stereocenters. The lowest BCUT2D eigenvalue weighted by Gasteiger charge is -2.15. The molecular weight excluding hydrogens is 208 g/mol. The second kappa shape index (κ2) is 12.4. The highest BCUT2D eigenvalue weighted by atomic mass is 16.3. The third-order valence-corrected chi connectivity index (χ3v) is 3.60. The Balaban J connectivity index is 3.24. The predicted molar refractivity (Wildman–Crippen MR) is 77.3 cm³/mol. The average molecular weight is 242 g/mol. The minimum atomic E-state index is -0.0489. The molecule has 0 saturated carbocycles. The minimum Gasteiger partial charge on any atom is -0.393 e. The third-order valence-electron chi connectivity index (χ3n) is 3.60. The third kappa shape index (κ3) is 12.2. The van der Waals surface area contributed by atoms with Gasteiger partial charge in [0.2, 0.25) is 0 Å². The van der Waals surface area contributed by atoms with Crippen LogP contribution in [0.4, 0.5) is 0 Å². The van der Waals surface area contributed by atoms with Crippen LogP contribution in [0.2, 0.25) is 0 Å². The van der Waals surface area contributed by atoms with Gasteiger partial charge in [-0.2, -0.15) is 0 Å². The number of aliphatic hydroxyl groups is 1. The molecule has 0 aliphatic heterocycles. The molecule has 0 fully saturated rings. The lowest BCUT2D eigenvalue weighted by molar-refractivity contribution is 0.131. The van der Waals surface area contributed by atoms with Crippen molar-refractivity contribution in [1.82, 2.24) is 0 Å². The van der Waals surface area contributed by atoms with Gasteiger partial charge in [0.1, 0.15) is 0 Å². The molecule has 104 valence electrons. The van der Waals surface area contributed by atoms with Crippen LogP contribution in [0.5, 0.6) is 0 Å². The Morgan fingerprint density at radius 3 is 1.94 bits per heavy atom. The standard InChI is InChI=1S/C16H34O/c1-4-6-7-8-9-10-11-13-16(17)14-15(3)12-5-2/h15-17H,4-14H2,1-3H3. The van der Waals surface area contributed by atoms with Crippen molar-refractivity contribution in [2.45, 2.75) is 97.5 Å². The van der Waals surface area contributed by atoms with E-state index < -0.39 is 0 Å². The van der Waals surface area contributed by atoms with Crippen molar-refractivity contribution < 1.29 is 5.11 Å². The van der Waals surface area contributed by atoms with E-state index in [9.17, 15) is 5.11 Å². The quantitative estimate of drug-likeness (QED) is 0.460. The summed E-state index contributed by atoms with van der Waals surface area (Å²) in [5.41, 5.74) is 0. The molecule has 0 radical (unpaired) electrons. The van der Waals surface area contributed by atoms with Crippen LogP contribution in [0.3, 0.4) is 0 Å². The zero-order valence-corrected chi connectivity index (χ0v) is 12.4. The Bertz CT molecular complexity index is 144. The van der Waals surface area contributed by atoms with Gasteiger partial charge in [-0.25, -0.2) is 0 Å². The molecule has 0 heterocycles. The Kier molecular flexibility index (Phi) is 12.4. The molecule has 1 nitrogen and oxygen atoms in total. The van der Waals surface area contributed by atoms with E-state index in [2.05, 4.69) is 20.8 Å². The maximum Gasteiger partial charge on any atom is 0.0542 e. The van der Waals surface area contributed by atoms with Gasteiger partial charge in [-0.3, -0.25) is 0 Å². The maximum absolute atomic E-state index is 9.89. The zero-order valence-electron chi connectivity index (χ0n) is 12.4. The summed E-state index contributed by atoms with van der Waals surface area (Å²) < 4.78 is 0. The van der Waals surface area contributed by atoms with Gasteiger partial charge in [-0.15, -0.1) is 0 Å². The van der Waals surface area contributed by atoms with E-state index in [4.69, 9.17) is 0 Å². The van der Waals surface area contributed by atoms with E-state index in [0.717, 1.165) is 12.8 Å². The van der Waals surface area contributed by atoms with Gasteiger partial charge < -0.3 is 5.11 Å². The molecule has 0 aromatic rings. The number of rotatable bonds is 12. The largest absolute Gasteiger partial charge is 0.393 e. The van der Waals surface area contributed by atoms with Crippen LogP contribution in [-0.4, -0.2) is 11.2 Å². The number of aliphatic hydroxyl groups excluding tert-OH is 1. The molecule has 0 aliphatic rings. The molecule has 0 bridgehead atoms. The van der Waals surface area contributed by atoms with E-state index >= 15 is 0 Å². The highest BCUT2D eigenvalue weighted by Gasteiger charge is 2.09. The molecule has 2 unspecified atom stereocenters. The van der Waals surface area contributed by atoms with E-state index in [0.29, 0.717) is 5.92 Å². The second-order valence-corrected chi connectivity index (χ2v) is 5.69. The Labute approximate surface area is 109 Å². The van der Waals surface area contributed by atoms with E-state index in [1.165, 1.54) is 57.8 Å². The molecule has 0 aromatic carbocycles. The highest BCUT2D eigenvalue weighted by Crippen LogP contribution is 2.17. The summed E-state index contributed by atoms with van der Waals surface area (Å²) in [6, 6.07) is 0. The molecule has 0 rings (SSSR count). The first-order chi connectivity index (χ1) is 8.20. The molecular formula is C16H34O. The van der Waals surface area contributed by atoms with Gasteiger partial charge in [0.25, 0.3) is 0 Å². The molecule has 0 amide bonds. The molecule has 0 saturated heterocycles. The van der Waals surface area contributed by atoms with Gasteiger partial charge in [-0.05, 0) is 18.8 Å². The molecule has 0 aliphatic carbocycles. The lowest BCUT2D eigenvalue weighted by Crippen LogP contribution is -2.11. The Hall–Kier alpha value is -0.0400.